The Kier molecular flexibility index (Phi) is 4.58. The van der Waals surface area contributed by atoms with Crippen LogP contribution in [0.25, 0.3) is 0 Å². The van der Waals surface area contributed by atoms with Crippen LogP contribution in [0.2, 0.25) is 0 Å². The summed E-state index contributed by atoms with van der Waals surface area (Å²) < 4.78 is 4.90. The van der Waals surface area contributed by atoms with E-state index in [4.69, 9.17) is 4.74 Å². The SMILES string of the molecule is COc1ccc(C=O)cc1.[Cu]. The molecule has 0 amide bonds. The minimum atomic E-state index is 0. The number of benzene rings is 1. The Morgan fingerprint density at radius 1 is 1.27 bits per heavy atom. The molecule has 0 atom stereocenters. The minimum Gasteiger partial charge on any atom is -0.497 e. The van der Waals surface area contributed by atoms with Gasteiger partial charge in [-0.3, -0.25) is 4.79 Å². The van der Waals surface area contributed by atoms with Crippen LogP contribution < -0.4 is 4.74 Å². The molecule has 11 heavy (non-hydrogen) atoms. The molecule has 0 saturated carbocycles. The molecule has 0 aliphatic rings. The van der Waals surface area contributed by atoms with Gasteiger partial charge < -0.3 is 4.74 Å². The Hall–Kier alpha value is -0.791. The molecule has 1 aromatic rings. The fourth-order valence-corrected chi connectivity index (χ4v) is 0.682. The number of hydrogen-bond donors (Lipinski definition) is 0. The molecular weight excluding hydrogens is 192 g/mol. The van der Waals surface area contributed by atoms with Crippen molar-refractivity contribution in [3.63, 3.8) is 0 Å². The maximum atomic E-state index is 10.2. The Labute approximate surface area is 76.0 Å². The van der Waals surface area contributed by atoms with Gasteiger partial charge in [0.25, 0.3) is 0 Å². The van der Waals surface area contributed by atoms with Gasteiger partial charge >= 0.3 is 0 Å². The maximum absolute atomic E-state index is 10.2. The van der Waals surface area contributed by atoms with Crippen LogP contribution in [0.15, 0.2) is 24.3 Å². The molecule has 0 aliphatic carbocycles. The van der Waals surface area contributed by atoms with Gasteiger partial charge in [0, 0.05) is 22.6 Å². The van der Waals surface area contributed by atoms with Crippen LogP contribution in [-0.4, -0.2) is 13.4 Å². The number of ether oxygens (including phenoxy) is 1. The molecule has 3 heteroatoms. The predicted octanol–water partition coefficient (Wildman–Crippen LogP) is 1.51. The Bertz CT molecular complexity index is 218. The van der Waals surface area contributed by atoms with Gasteiger partial charge in [-0.05, 0) is 24.3 Å². The van der Waals surface area contributed by atoms with Crippen molar-refractivity contribution < 1.29 is 26.6 Å². The summed E-state index contributed by atoms with van der Waals surface area (Å²) >= 11 is 0. The van der Waals surface area contributed by atoms with Gasteiger partial charge in [-0.1, -0.05) is 0 Å². The topological polar surface area (TPSA) is 26.3 Å². The van der Waals surface area contributed by atoms with Crippen LogP contribution in [0.4, 0.5) is 0 Å². The maximum Gasteiger partial charge on any atom is 0.150 e. The molecule has 1 rings (SSSR count). The van der Waals surface area contributed by atoms with Crippen LogP contribution in [0.1, 0.15) is 10.4 Å². The summed E-state index contributed by atoms with van der Waals surface area (Å²) in [5.74, 6) is 0.769. The molecule has 0 aliphatic heterocycles. The molecular formula is C8H8CuO2. The van der Waals surface area contributed by atoms with Crippen molar-refractivity contribution in [3.05, 3.63) is 29.8 Å². The summed E-state index contributed by atoms with van der Waals surface area (Å²) in [4.78, 5) is 10.2. The minimum absolute atomic E-state index is 0. The zero-order chi connectivity index (χ0) is 7.40. The normalized spacial score (nSPS) is 8.09. The fourth-order valence-electron chi connectivity index (χ4n) is 0.682. The molecule has 0 bridgehead atoms. The van der Waals surface area contributed by atoms with Crippen LogP contribution in [0, 0.1) is 0 Å². The van der Waals surface area contributed by atoms with E-state index in [-0.39, 0.29) is 17.1 Å². The van der Waals surface area contributed by atoms with Crippen molar-refractivity contribution in [2.75, 3.05) is 7.11 Å². The number of aldehydes is 1. The van der Waals surface area contributed by atoms with Gasteiger partial charge in [0.2, 0.25) is 0 Å². The first-order valence-electron chi connectivity index (χ1n) is 2.96. The number of methoxy groups -OCH3 is 1. The fraction of sp³-hybridized carbons (Fsp3) is 0.125. The molecule has 0 fully saturated rings. The van der Waals surface area contributed by atoms with Crippen molar-refractivity contribution in [1.82, 2.24) is 0 Å². The zero-order valence-electron chi connectivity index (χ0n) is 6.00. The summed E-state index contributed by atoms with van der Waals surface area (Å²) in [6.45, 7) is 0. The van der Waals surface area contributed by atoms with E-state index in [0.717, 1.165) is 12.0 Å². The standard InChI is InChI=1S/C8H8O2.Cu/c1-10-8-4-2-7(6-9)3-5-8;/h2-6H,1H3;. The third-order valence-corrected chi connectivity index (χ3v) is 1.25. The third kappa shape index (κ3) is 2.74. The van der Waals surface area contributed by atoms with E-state index in [1.54, 1.807) is 31.4 Å². The first-order valence-corrected chi connectivity index (χ1v) is 2.96. The Balaban J connectivity index is 0.000001000. The van der Waals surface area contributed by atoms with Gasteiger partial charge in [0.15, 0.2) is 0 Å². The second-order valence-corrected chi connectivity index (χ2v) is 1.89. The first kappa shape index (κ1) is 10.2. The molecule has 2 nitrogen and oxygen atoms in total. The van der Waals surface area contributed by atoms with Gasteiger partial charge in [-0.2, -0.15) is 0 Å². The molecule has 1 radical (unpaired) electrons. The van der Waals surface area contributed by atoms with Crippen molar-refractivity contribution in [3.8, 4) is 5.75 Å². The van der Waals surface area contributed by atoms with Gasteiger partial charge in [-0.15, -0.1) is 0 Å². The number of hydrogen-bond acceptors (Lipinski definition) is 2. The van der Waals surface area contributed by atoms with Gasteiger partial charge in [0.05, 0.1) is 7.11 Å². The molecule has 0 N–H and O–H groups in total. The average Bonchev–Trinajstić information content (AvgIpc) is 2.05. The molecule has 63 valence electrons. The summed E-state index contributed by atoms with van der Waals surface area (Å²) in [7, 11) is 1.59. The number of rotatable bonds is 2. The van der Waals surface area contributed by atoms with Crippen LogP contribution in [0.3, 0.4) is 0 Å². The Morgan fingerprint density at radius 2 is 1.82 bits per heavy atom. The molecule has 1 aromatic carbocycles. The second-order valence-electron chi connectivity index (χ2n) is 1.89. The molecule has 0 saturated heterocycles. The monoisotopic (exact) mass is 199 g/mol. The van der Waals surface area contributed by atoms with E-state index >= 15 is 0 Å². The van der Waals surface area contributed by atoms with E-state index in [1.807, 2.05) is 0 Å². The van der Waals surface area contributed by atoms with Gasteiger partial charge in [-0.25, -0.2) is 0 Å². The zero-order valence-corrected chi connectivity index (χ0v) is 6.95. The molecule has 0 heterocycles. The number of carbonyl (C=O) groups excluding carboxylic acids is 1. The van der Waals surface area contributed by atoms with Crippen molar-refractivity contribution >= 4 is 6.29 Å². The van der Waals surface area contributed by atoms with E-state index in [1.165, 1.54) is 0 Å². The number of carbonyl (C=O) groups is 1. The average molecular weight is 200 g/mol. The first-order chi connectivity index (χ1) is 4.86. The smallest absolute Gasteiger partial charge is 0.150 e. The second kappa shape index (κ2) is 4.94. The summed E-state index contributed by atoms with van der Waals surface area (Å²) in [5, 5.41) is 0. The predicted molar refractivity (Wildman–Crippen MR) is 38.4 cm³/mol. The summed E-state index contributed by atoms with van der Waals surface area (Å²) in [6, 6.07) is 6.94. The van der Waals surface area contributed by atoms with Crippen molar-refractivity contribution in [2.45, 2.75) is 0 Å². The molecule has 0 unspecified atom stereocenters. The van der Waals surface area contributed by atoms with E-state index < -0.39 is 0 Å². The summed E-state index contributed by atoms with van der Waals surface area (Å²) in [5.41, 5.74) is 0.667. The van der Waals surface area contributed by atoms with Crippen molar-refractivity contribution in [2.24, 2.45) is 0 Å². The molecule has 0 spiro atoms. The largest absolute Gasteiger partial charge is 0.497 e. The van der Waals surface area contributed by atoms with Crippen LogP contribution in [0.5, 0.6) is 5.75 Å². The van der Waals surface area contributed by atoms with E-state index in [0.29, 0.717) is 5.56 Å². The summed E-state index contributed by atoms with van der Waals surface area (Å²) in [6.07, 6.45) is 0.805. The quantitative estimate of drug-likeness (QED) is 0.533. The van der Waals surface area contributed by atoms with E-state index in [9.17, 15) is 4.79 Å². The Morgan fingerprint density at radius 3 is 2.18 bits per heavy atom. The van der Waals surface area contributed by atoms with Crippen LogP contribution >= 0.6 is 0 Å². The van der Waals surface area contributed by atoms with Gasteiger partial charge in [0.1, 0.15) is 12.0 Å². The van der Waals surface area contributed by atoms with Crippen LogP contribution in [-0.2, 0) is 17.1 Å². The molecule has 0 aromatic heterocycles. The van der Waals surface area contributed by atoms with Crippen molar-refractivity contribution in [1.29, 1.82) is 0 Å². The van der Waals surface area contributed by atoms with E-state index in [2.05, 4.69) is 0 Å². The third-order valence-electron chi connectivity index (χ3n) is 1.25.